The summed E-state index contributed by atoms with van der Waals surface area (Å²) in [5.41, 5.74) is 2.79. The van der Waals surface area contributed by atoms with Gasteiger partial charge in [-0.05, 0) is 30.2 Å². The number of H-pyrrole nitrogens is 1. The maximum Gasteiger partial charge on any atom is 0.258 e. The molecule has 3 aromatic rings. The van der Waals surface area contributed by atoms with Gasteiger partial charge in [0.1, 0.15) is 11.5 Å². The Bertz CT molecular complexity index is 904. The highest BCUT2D eigenvalue weighted by Gasteiger charge is 2.21. The molecule has 0 saturated heterocycles. The van der Waals surface area contributed by atoms with Crippen LogP contribution in [0.4, 0.5) is 5.69 Å². The number of benzene rings is 2. The minimum Gasteiger partial charge on any atom is -0.508 e. The van der Waals surface area contributed by atoms with Crippen LogP contribution in [0.2, 0.25) is 0 Å². The third-order valence-corrected chi connectivity index (χ3v) is 4.15. The molecule has 128 valence electrons. The van der Waals surface area contributed by atoms with Gasteiger partial charge < -0.3 is 15.1 Å². The third-order valence-electron chi connectivity index (χ3n) is 4.15. The van der Waals surface area contributed by atoms with Gasteiger partial charge in [-0.3, -0.25) is 9.89 Å². The highest BCUT2D eigenvalue weighted by molar-refractivity contribution is 6.07. The highest BCUT2D eigenvalue weighted by atomic mass is 16.3. The molecule has 0 atom stereocenters. The molecule has 1 amide bonds. The van der Waals surface area contributed by atoms with Crippen LogP contribution in [0.1, 0.15) is 22.8 Å². The van der Waals surface area contributed by atoms with Crippen LogP contribution in [0.25, 0.3) is 11.3 Å². The van der Waals surface area contributed by atoms with Crippen LogP contribution in [-0.4, -0.2) is 33.4 Å². The second-order valence-corrected chi connectivity index (χ2v) is 5.71. The lowest BCUT2D eigenvalue weighted by Gasteiger charge is -2.18. The molecule has 25 heavy (non-hydrogen) atoms. The fourth-order valence-electron chi connectivity index (χ4n) is 2.72. The number of aromatic amines is 1. The van der Waals surface area contributed by atoms with E-state index in [0.717, 1.165) is 0 Å². The summed E-state index contributed by atoms with van der Waals surface area (Å²) in [6, 6.07) is 11.9. The van der Waals surface area contributed by atoms with E-state index in [9.17, 15) is 15.0 Å². The molecule has 2 aromatic carbocycles. The lowest BCUT2D eigenvalue weighted by atomic mass is 10.0. The predicted molar refractivity (Wildman–Crippen MR) is 95.9 cm³/mol. The summed E-state index contributed by atoms with van der Waals surface area (Å²) >= 11 is 0. The summed E-state index contributed by atoms with van der Waals surface area (Å²) < 4.78 is 0. The van der Waals surface area contributed by atoms with Crippen molar-refractivity contribution in [1.82, 2.24) is 10.2 Å². The molecule has 0 aliphatic rings. The number of phenolic OH excluding ortho intramolecular Hbond substituents is 2. The Balaban J connectivity index is 2.03. The summed E-state index contributed by atoms with van der Waals surface area (Å²) in [5.74, 6) is -0.225. The fraction of sp³-hybridized carbons (Fsp3) is 0.158. The van der Waals surface area contributed by atoms with Gasteiger partial charge in [-0.2, -0.15) is 5.10 Å². The van der Waals surface area contributed by atoms with Gasteiger partial charge in [-0.15, -0.1) is 0 Å². The number of nitrogens with zero attached hydrogens (tertiary/aromatic N) is 2. The number of phenols is 2. The molecule has 0 radical (unpaired) electrons. The zero-order valence-corrected chi connectivity index (χ0v) is 14.0. The summed E-state index contributed by atoms with van der Waals surface area (Å²) in [6.07, 6.45) is 2.15. The number of nitrogens with one attached hydrogen (secondary N) is 1. The van der Waals surface area contributed by atoms with Gasteiger partial charge in [-0.25, -0.2) is 0 Å². The number of aromatic hydroxyl groups is 2. The smallest absolute Gasteiger partial charge is 0.258 e. The van der Waals surface area contributed by atoms with Crippen molar-refractivity contribution in [3.05, 3.63) is 59.8 Å². The minimum atomic E-state index is -0.183. The van der Waals surface area contributed by atoms with Gasteiger partial charge >= 0.3 is 0 Å². The first kappa shape index (κ1) is 16.6. The van der Waals surface area contributed by atoms with Gasteiger partial charge in [0, 0.05) is 24.2 Å². The van der Waals surface area contributed by atoms with Gasteiger partial charge in [0.05, 0.1) is 17.6 Å². The molecule has 0 spiro atoms. The molecule has 0 bridgehead atoms. The maximum absolute atomic E-state index is 12.7. The molecule has 0 unspecified atom stereocenters. The van der Waals surface area contributed by atoms with Gasteiger partial charge in [0.25, 0.3) is 5.91 Å². The zero-order valence-electron chi connectivity index (χ0n) is 14.0. The SMILES string of the molecule is CCc1cc(-c2[nH]ncc2N(C)C(=O)c2ccccc2)c(O)cc1O. The largest absolute Gasteiger partial charge is 0.508 e. The topological polar surface area (TPSA) is 89.5 Å². The van der Waals surface area contributed by atoms with E-state index >= 15 is 0 Å². The Labute approximate surface area is 145 Å². The van der Waals surface area contributed by atoms with Crippen LogP contribution in [0.15, 0.2) is 48.7 Å². The minimum absolute atomic E-state index is 0.0403. The van der Waals surface area contributed by atoms with Crippen LogP contribution in [0.5, 0.6) is 11.5 Å². The van der Waals surface area contributed by atoms with Gasteiger partial charge in [0.15, 0.2) is 0 Å². The molecule has 0 aliphatic carbocycles. The number of aryl methyl sites for hydroxylation is 1. The van der Waals surface area contributed by atoms with E-state index in [1.54, 1.807) is 37.4 Å². The maximum atomic E-state index is 12.7. The fourth-order valence-corrected chi connectivity index (χ4v) is 2.72. The van der Waals surface area contributed by atoms with E-state index in [-0.39, 0.29) is 17.4 Å². The number of hydrogen-bond acceptors (Lipinski definition) is 4. The van der Waals surface area contributed by atoms with Crippen LogP contribution in [0.3, 0.4) is 0 Å². The Hall–Kier alpha value is -3.28. The Morgan fingerprint density at radius 2 is 1.88 bits per heavy atom. The molecule has 1 aromatic heterocycles. The number of amides is 1. The lowest BCUT2D eigenvalue weighted by Crippen LogP contribution is -2.26. The van der Waals surface area contributed by atoms with Crippen molar-refractivity contribution in [2.24, 2.45) is 0 Å². The first-order valence-corrected chi connectivity index (χ1v) is 7.94. The van der Waals surface area contributed by atoms with Crippen molar-refractivity contribution in [2.45, 2.75) is 13.3 Å². The van der Waals surface area contributed by atoms with Crippen LogP contribution >= 0.6 is 0 Å². The van der Waals surface area contributed by atoms with E-state index in [0.29, 0.717) is 34.5 Å². The van der Waals surface area contributed by atoms with Crippen molar-refractivity contribution in [3.63, 3.8) is 0 Å². The lowest BCUT2D eigenvalue weighted by molar-refractivity contribution is 0.0993. The van der Waals surface area contributed by atoms with Gasteiger partial charge in [0.2, 0.25) is 0 Å². The Morgan fingerprint density at radius 1 is 1.16 bits per heavy atom. The van der Waals surface area contributed by atoms with Crippen LogP contribution in [0, 0.1) is 0 Å². The molecule has 3 N–H and O–H groups in total. The molecular formula is C19H19N3O3. The summed E-state index contributed by atoms with van der Waals surface area (Å²) in [7, 11) is 1.65. The molecule has 1 heterocycles. The number of rotatable bonds is 4. The van der Waals surface area contributed by atoms with E-state index in [4.69, 9.17) is 0 Å². The highest BCUT2D eigenvalue weighted by Crippen LogP contribution is 2.38. The molecular weight excluding hydrogens is 318 g/mol. The van der Waals surface area contributed by atoms with E-state index in [1.165, 1.54) is 17.2 Å². The molecule has 0 aliphatic heterocycles. The van der Waals surface area contributed by atoms with Crippen molar-refractivity contribution in [2.75, 3.05) is 11.9 Å². The second kappa shape index (κ2) is 6.68. The second-order valence-electron chi connectivity index (χ2n) is 5.71. The number of anilines is 1. The Morgan fingerprint density at radius 3 is 2.56 bits per heavy atom. The average Bonchev–Trinajstić information content (AvgIpc) is 3.10. The monoisotopic (exact) mass is 337 g/mol. The van der Waals surface area contributed by atoms with Crippen molar-refractivity contribution in [3.8, 4) is 22.8 Å². The third kappa shape index (κ3) is 3.06. The summed E-state index contributed by atoms with van der Waals surface area (Å²) in [5, 5.41) is 27.0. The molecule has 6 nitrogen and oxygen atoms in total. The van der Waals surface area contributed by atoms with Gasteiger partial charge in [-0.1, -0.05) is 25.1 Å². The first-order valence-electron chi connectivity index (χ1n) is 7.94. The van der Waals surface area contributed by atoms with Crippen LogP contribution in [-0.2, 0) is 6.42 Å². The molecule has 3 rings (SSSR count). The predicted octanol–water partition coefficient (Wildman–Crippen LogP) is 3.33. The van der Waals surface area contributed by atoms with Crippen molar-refractivity contribution < 1.29 is 15.0 Å². The average molecular weight is 337 g/mol. The molecule has 0 saturated carbocycles. The van der Waals surface area contributed by atoms with E-state index in [2.05, 4.69) is 10.2 Å². The normalized spacial score (nSPS) is 10.6. The van der Waals surface area contributed by atoms with Crippen LogP contribution < -0.4 is 4.90 Å². The number of carbonyl (C=O) groups is 1. The summed E-state index contributed by atoms with van der Waals surface area (Å²) in [6.45, 7) is 1.91. The summed E-state index contributed by atoms with van der Waals surface area (Å²) in [4.78, 5) is 14.1. The first-order chi connectivity index (χ1) is 12.0. The quantitative estimate of drug-likeness (QED) is 0.681. The van der Waals surface area contributed by atoms with Crippen molar-refractivity contribution in [1.29, 1.82) is 0 Å². The van der Waals surface area contributed by atoms with E-state index in [1.807, 2.05) is 13.0 Å². The number of aromatic nitrogens is 2. The number of carbonyl (C=O) groups excluding carboxylic acids is 1. The molecule has 0 fully saturated rings. The zero-order chi connectivity index (χ0) is 18.0. The molecule has 6 heteroatoms. The standard InChI is InChI=1S/C19H19N3O3/c1-3-12-9-14(17(24)10-16(12)23)18-15(11-20-21-18)22(2)19(25)13-7-5-4-6-8-13/h4-11,23-24H,3H2,1-2H3,(H,20,21). The van der Waals surface area contributed by atoms with E-state index < -0.39 is 0 Å². The Kier molecular flexibility index (Phi) is 4.43. The number of hydrogen-bond donors (Lipinski definition) is 3. The van der Waals surface area contributed by atoms with Crippen molar-refractivity contribution >= 4 is 11.6 Å².